The van der Waals surface area contributed by atoms with E-state index in [1.165, 1.54) is 5.06 Å². The summed E-state index contributed by atoms with van der Waals surface area (Å²) >= 11 is 6.12. The van der Waals surface area contributed by atoms with Crippen molar-refractivity contribution in [2.45, 2.75) is 32.2 Å². The third kappa shape index (κ3) is 3.69. The zero-order valence-corrected chi connectivity index (χ0v) is 18.6. The van der Waals surface area contributed by atoms with Crippen LogP contribution in [0.4, 0.5) is 0 Å². The summed E-state index contributed by atoms with van der Waals surface area (Å²) in [4.78, 5) is 25.9. The second-order valence-electron chi connectivity index (χ2n) is 8.36. The Hall–Kier alpha value is -3.12. The maximum absolute atomic E-state index is 13.4. The van der Waals surface area contributed by atoms with Crippen LogP contribution >= 0.6 is 11.6 Å². The van der Waals surface area contributed by atoms with Crippen LogP contribution in [0.2, 0.25) is 5.02 Å². The molecule has 3 aromatic rings. The highest BCUT2D eigenvalue weighted by Crippen LogP contribution is 2.46. The Morgan fingerprint density at radius 3 is 2.41 bits per heavy atom. The Morgan fingerprint density at radius 2 is 1.66 bits per heavy atom. The minimum absolute atomic E-state index is 0.234. The molecule has 0 bridgehead atoms. The van der Waals surface area contributed by atoms with Crippen molar-refractivity contribution in [3.63, 3.8) is 0 Å². The number of hydrogen-bond donors (Lipinski definition) is 0. The summed E-state index contributed by atoms with van der Waals surface area (Å²) in [7, 11) is 0. The van der Waals surface area contributed by atoms with Crippen molar-refractivity contribution in [1.29, 1.82) is 0 Å². The predicted molar refractivity (Wildman–Crippen MR) is 124 cm³/mol. The number of carbonyl (C=O) groups excluding carboxylic acids is 1. The van der Waals surface area contributed by atoms with Crippen LogP contribution in [0.1, 0.15) is 42.3 Å². The van der Waals surface area contributed by atoms with E-state index in [4.69, 9.17) is 21.3 Å². The van der Waals surface area contributed by atoms with Gasteiger partial charge in [-0.1, -0.05) is 78.3 Å². The smallest absolute Gasteiger partial charge is 0.269 e. The van der Waals surface area contributed by atoms with Crippen molar-refractivity contribution in [1.82, 2.24) is 10.1 Å². The maximum atomic E-state index is 13.4. The van der Waals surface area contributed by atoms with Crippen LogP contribution in [0.25, 0.3) is 11.8 Å². The maximum Gasteiger partial charge on any atom is 0.282 e. The fourth-order valence-corrected chi connectivity index (χ4v) is 4.13. The van der Waals surface area contributed by atoms with E-state index >= 15 is 0 Å². The van der Waals surface area contributed by atoms with Gasteiger partial charge in [0, 0.05) is 16.1 Å². The number of hydrogen-bond acceptors (Lipinski definition) is 4. The second kappa shape index (κ2) is 8.10. The number of halogens is 1. The Kier molecular flexibility index (Phi) is 5.25. The first-order valence-electron chi connectivity index (χ1n) is 10.5. The Labute approximate surface area is 192 Å². The Morgan fingerprint density at radius 1 is 0.969 bits per heavy atom. The van der Waals surface area contributed by atoms with Gasteiger partial charge >= 0.3 is 0 Å². The van der Waals surface area contributed by atoms with Crippen molar-refractivity contribution >= 4 is 29.3 Å². The van der Waals surface area contributed by atoms with E-state index in [1.54, 1.807) is 18.9 Å². The number of hydroxylamine groups is 4. The van der Waals surface area contributed by atoms with Gasteiger partial charge in [0.25, 0.3) is 5.91 Å². The van der Waals surface area contributed by atoms with Gasteiger partial charge in [0.15, 0.2) is 11.8 Å². The van der Waals surface area contributed by atoms with Crippen molar-refractivity contribution < 1.29 is 14.5 Å². The molecule has 2 aliphatic heterocycles. The lowest BCUT2D eigenvalue weighted by molar-refractivity contribution is -0.337. The van der Waals surface area contributed by atoms with E-state index in [0.29, 0.717) is 5.02 Å². The summed E-state index contributed by atoms with van der Waals surface area (Å²) in [5.74, 6) is -0.234. The van der Waals surface area contributed by atoms with E-state index in [2.05, 4.69) is 6.08 Å². The molecule has 0 N–H and O–H groups in total. The zero-order valence-electron chi connectivity index (χ0n) is 17.9. The minimum Gasteiger partial charge on any atom is -0.269 e. The van der Waals surface area contributed by atoms with Crippen molar-refractivity contribution in [3.8, 4) is 0 Å². The molecule has 1 atom stereocenters. The van der Waals surface area contributed by atoms with Crippen LogP contribution in [0.5, 0.6) is 0 Å². The summed E-state index contributed by atoms with van der Waals surface area (Å²) in [5.41, 5.74) is 3.57. The van der Waals surface area contributed by atoms with Crippen LogP contribution in [-0.4, -0.2) is 21.6 Å². The largest absolute Gasteiger partial charge is 0.282 e. The summed E-state index contributed by atoms with van der Waals surface area (Å²) < 4.78 is 0. The molecule has 5 nitrogen and oxygen atoms in total. The monoisotopic (exact) mass is 446 g/mol. The summed E-state index contributed by atoms with van der Waals surface area (Å²) in [5, 5.41) is 3.89. The van der Waals surface area contributed by atoms with Crippen LogP contribution in [0, 0.1) is 0 Å². The lowest BCUT2D eigenvalue weighted by Crippen LogP contribution is -2.60. The van der Waals surface area contributed by atoms with Crippen LogP contribution in [0.3, 0.4) is 0 Å². The predicted octanol–water partition coefficient (Wildman–Crippen LogP) is 5.84. The molecule has 0 radical (unpaired) electrons. The molecule has 1 fully saturated rings. The van der Waals surface area contributed by atoms with Gasteiger partial charge < -0.3 is 0 Å². The van der Waals surface area contributed by atoms with Crippen LogP contribution in [-0.2, 0) is 21.1 Å². The average Bonchev–Trinajstić information content (AvgIpc) is 2.80. The van der Waals surface area contributed by atoms with Gasteiger partial charge in [-0.2, -0.15) is 5.06 Å². The molecular formula is C26H23ClN2O3. The van der Waals surface area contributed by atoms with E-state index in [9.17, 15) is 4.79 Å². The number of nitrogens with zero attached hydrogens (tertiary/aromatic N) is 2. The fourth-order valence-electron chi connectivity index (χ4n) is 4.01. The summed E-state index contributed by atoms with van der Waals surface area (Å²) in [6.07, 6.45) is 1.50. The fraction of sp³-hybridized carbons (Fsp3) is 0.192. The molecular weight excluding hydrogens is 424 g/mol. The highest BCUT2D eigenvalue weighted by Gasteiger charge is 2.51. The van der Waals surface area contributed by atoms with E-state index < -0.39 is 11.8 Å². The van der Waals surface area contributed by atoms with Crippen molar-refractivity contribution in [3.05, 3.63) is 106 Å². The minimum atomic E-state index is -1.11. The molecule has 1 amide bonds. The molecule has 0 saturated carbocycles. The van der Waals surface area contributed by atoms with Gasteiger partial charge in [0.05, 0.1) is 5.70 Å². The lowest BCUT2D eigenvalue weighted by Gasteiger charge is -2.50. The molecule has 1 unspecified atom stereocenters. The molecule has 32 heavy (non-hydrogen) atoms. The number of amides is 1. The number of fused-ring (bicyclic) bond motifs is 3. The first-order valence-corrected chi connectivity index (χ1v) is 10.9. The average molecular weight is 447 g/mol. The zero-order chi connectivity index (χ0) is 22.3. The quantitative estimate of drug-likeness (QED) is 0.505. The molecule has 162 valence electrons. The topological polar surface area (TPSA) is 42.0 Å². The number of benzene rings is 3. The number of rotatable bonds is 4. The molecule has 5 rings (SSSR count). The van der Waals surface area contributed by atoms with E-state index in [0.717, 1.165) is 28.0 Å². The van der Waals surface area contributed by atoms with Gasteiger partial charge in [0.2, 0.25) is 0 Å². The second-order valence-corrected chi connectivity index (χ2v) is 8.79. The highest BCUT2D eigenvalue weighted by atomic mass is 35.5. The molecule has 0 aromatic heterocycles. The third-order valence-electron chi connectivity index (χ3n) is 5.64. The molecule has 0 aliphatic carbocycles. The first kappa shape index (κ1) is 20.8. The molecule has 2 aliphatic rings. The summed E-state index contributed by atoms with van der Waals surface area (Å²) in [6, 6.07) is 25.3. The van der Waals surface area contributed by atoms with E-state index in [1.807, 2.05) is 78.9 Å². The first-order chi connectivity index (χ1) is 15.4. The molecule has 3 aromatic carbocycles. The lowest BCUT2D eigenvalue weighted by atomic mass is 9.95. The highest BCUT2D eigenvalue weighted by molar-refractivity contribution is 6.30. The molecule has 6 heteroatoms. The van der Waals surface area contributed by atoms with Gasteiger partial charge in [-0.15, -0.1) is 0 Å². The van der Waals surface area contributed by atoms with Gasteiger partial charge in [0.1, 0.15) is 6.61 Å². The third-order valence-corrected chi connectivity index (χ3v) is 5.89. The van der Waals surface area contributed by atoms with Crippen molar-refractivity contribution in [2.24, 2.45) is 0 Å². The number of carbonyl (C=O) groups is 1. The van der Waals surface area contributed by atoms with Gasteiger partial charge in [-0.05, 0) is 43.2 Å². The molecule has 2 heterocycles. The van der Waals surface area contributed by atoms with Crippen LogP contribution in [0.15, 0.2) is 78.9 Å². The normalized spacial score (nSPS) is 19.3. The molecule has 0 spiro atoms. The van der Waals surface area contributed by atoms with Gasteiger partial charge in [-0.25, -0.2) is 5.06 Å². The Balaban J connectivity index is 1.59. The van der Waals surface area contributed by atoms with Crippen LogP contribution < -0.4 is 0 Å². The standard InChI is InChI=1S/C26H23ClN2O3/c1-26(2)25(30)29(31-17-18-8-4-3-5-9-18)24-22-11-7-6-10-20(22)16-23(28(24)32-26)19-12-14-21(27)15-13-19/h3-16,24H,17H2,1-2H3. The van der Waals surface area contributed by atoms with Crippen molar-refractivity contribution in [2.75, 3.05) is 0 Å². The summed E-state index contributed by atoms with van der Waals surface area (Å²) in [6.45, 7) is 3.78. The SMILES string of the molecule is CC1(C)ON2C(c3ccc(Cl)cc3)=Cc3ccccc3C2N(OCc2ccccc2)C1=O. The van der Waals surface area contributed by atoms with E-state index in [-0.39, 0.29) is 12.5 Å². The Bertz CT molecular complexity index is 1180. The van der Waals surface area contributed by atoms with Gasteiger partial charge in [-0.3, -0.25) is 14.5 Å². The molecule has 1 saturated heterocycles.